The number of anilines is 2. The number of aromatic nitrogens is 2. The SMILES string of the molecule is C[C@@H]1CN(c2nc(OC[C@@]34CCCN3C[C@H](F)C4)nc3c(F)c(-c4ccc(F)c5sc(NC(=O)OC(C)(C)C)c(C#N)c45)c(C(F)(F)F)cc23)[C@@H](C)CN1C(=O)OC(C)(C)C. The molecule has 3 aliphatic rings. The molecule has 4 aromatic rings. The van der Waals surface area contributed by atoms with Gasteiger partial charge in [-0.05, 0) is 92.5 Å². The van der Waals surface area contributed by atoms with Gasteiger partial charge in [0.05, 0.1) is 21.4 Å². The summed E-state index contributed by atoms with van der Waals surface area (Å²) in [5, 5.41) is 11.8. The largest absolute Gasteiger partial charge is 0.461 e. The van der Waals surface area contributed by atoms with Gasteiger partial charge in [-0.15, -0.1) is 11.3 Å². The number of hydrogen-bond donors (Lipinski definition) is 1. The second-order valence-electron chi connectivity index (χ2n) is 18.0. The number of thiophene rings is 1. The fraction of sp³-hybridized carbons (Fsp3) is 0.548. The Bertz CT molecular complexity index is 2440. The van der Waals surface area contributed by atoms with Crippen LogP contribution in [0.2, 0.25) is 0 Å². The van der Waals surface area contributed by atoms with Crippen molar-refractivity contribution in [3.63, 3.8) is 0 Å². The first-order valence-electron chi connectivity index (χ1n) is 19.9. The molecule has 3 aliphatic heterocycles. The van der Waals surface area contributed by atoms with Gasteiger partial charge in [0.15, 0.2) is 5.82 Å². The van der Waals surface area contributed by atoms with Gasteiger partial charge in [0.2, 0.25) is 0 Å². The molecule has 3 fully saturated rings. The second kappa shape index (κ2) is 15.7. The van der Waals surface area contributed by atoms with Crippen molar-refractivity contribution in [2.75, 3.05) is 43.0 Å². The van der Waals surface area contributed by atoms with Gasteiger partial charge < -0.3 is 24.0 Å². The fourth-order valence-corrected chi connectivity index (χ4v) is 9.64. The molecular weight excluding hydrogens is 829 g/mol. The molecule has 0 unspecified atom stereocenters. The fourth-order valence-electron chi connectivity index (χ4n) is 8.58. The average molecular weight is 876 g/mol. The van der Waals surface area contributed by atoms with E-state index < -0.39 is 92.8 Å². The van der Waals surface area contributed by atoms with Gasteiger partial charge in [-0.3, -0.25) is 10.2 Å². The van der Waals surface area contributed by atoms with Crippen molar-refractivity contribution in [2.45, 2.75) is 116 Å². The molecular formula is C42H47F6N7O5S. The molecule has 0 aliphatic carbocycles. The number of halogens is 6. The summed E-state index contributed by atoms with van der Waals surface area (Å²) in [5.41, 5.74) is -6.38. The van der Waals surface area contributed by atoms with Crippen LogP contribution in [0, 0.1) is 23.0 Å². The van der Waals surface area contributed by atoms with E-state index in [9.17, 15) is 19.2 Å². The van der Waals surface area contributed by atoms with Gasteiger partial charge in [-0.25, -0.2) is 22.8 Å². The summed E-state index contributed by atoms with van der Waals surface area (Å²) < 4.78 is 111. The van der Waals surface area contributed by atoms with Crippen LogP contribution in [0.15, 0.2) is 18.2 Å². The summed E-state index contributed by atoms with van der Waals surface area (Å²) in [4.78, 5) is 40.1. The number of hydrogen-bond acceptors (Lipinski definition) is 11. The third-order valence-electron chi connectivity index (χ3n) is 11.1. The van der Waals surface area contributed by atoms with Gasteiger partial charge >= 0.3 is 24.4 Å². The number of alkyl halides is 4. The minimum atomic E-state index is -5.22. The molecule has 0 bridgehead atoms. The topological polar surface area (TPSA) is 133 Å². The molecule has 5 heterocycles. The number of carbonyl (C=O) groups is 2. The first kappa shape index (κ1) is 44.0. The van der Waals surface area contributed by atoms with Crippen molar-refractivity contribution in [3.05, 3.63) is 41.0 Å². The van der Waals surface area contributed by atoms with Crippen LogP contribution in [0.25, 0.3) is 32.1 Å². The molecule has 61 heavy (non-hydrogen) atoms. The summed E-state index contributed by atoms with van der Waals surface area (Å²) in [7, 11) is 0. The maximum atomic E-state index is 17.6. The standard InChI is InChI=1S/C42H47F6N7O5S/c1-21-18-55(38(57)60-40(6,7)8)22(2)17-54(21)34-25-14-27(42(46,47)48)30(31(45)32(25)50-36(51-34)58-20-41-12-9-13-53(41)19-23(43)15-41)24-10-11-28(44)33-29(24)26(16-49)35(61-33)52-37(56)59-39(3,4)5/h10-11,14,21-23H,9,12-13,15,17-20H2,1-8H3,(H,52,56)/t21-,22+,23+,41-/m0/s1. The minimum Gasteiger partial charge on any atom is -0.461 e. The van der Waals surface area contributed by atoms with E-state index in [1.165, 1.54) is 4.90 Å². The molecule has 3 saturated heterocycles. The zero-order valence-electron chi connectivity index (χ0n) is 35.0. The Balaban J connectivity index is 1.42. The highest BCUT2D eigenvalue weighted by atomic mass is 32.1. The Kier molecular flexibility index (Phi) is 11.3. The van der Waals surface area contributed by atoms with Crippen molar-refractivity contribution in [3.8, 4) is 23.2 Å². The van der Waals surface area contributed by atoms with Gasteiger partial charge in [0.25, 0.3) is 0 Å². The second-order valence-corrected chi connectivity index (χ2v) is 19.0. The third-order valence-corrected chi connectivity index (χ3v) is 12.2. The van der Waals surface area contributed by atoms with Gasteiger partial charge in [-0.2, -0.15) is 28.4 Å². The predicted octanol–water partition coefficient (Wildman–Crippen LogP) is 9.82. The monoisotopic (exact) mass is 875 g/mol. The van der Waals surface area contributed by atoms with E-state index in [1.807, 2.05) is 11.0 Å². The molecule has 1 N–H and O–H groups in total. The van der Waals surface area contributed by atoms with Crippen LogP contribution in [0.5, 0.6) is 6.01 Å². The molecule has 0 radical (unpaired) electrons. The van der Waals surface area contributed by atoms with E-state index in [-0.39, 0.29) is 65.0 Å². The van der Waals surface area contributed by atoms with E-state index in [2.05, 4.69) is 15.3 Å². The summed E-state index contributed by atoms with van der Waals surface area (Å²) in [6.45, 7) is 14.4. The average Bonchev–Trinajstić information content (AvgIpc) is 3.79. The molecule has 2 aromatic heterocycles. The summed E-state index contributed by atoms with van der Waals surface area (Å²) in [6.07, 6.45) is -6.29. The lowest BCUT2D eigenvalue weighted by Gasteiger charge is -2.45. The first-order valence-corrected chi connectivity index (χ1v) is 20.8. The van der Waals surface area contributed by atoms with Crippen LogP contribution in [-0.4, -0.2) is 99.7 Å². The molecule has 2 amide bonds. The Morgan fingerprint density at radius 2 is 1.72 bits per heavy atom. The zero-order valence-corrected chi connectivity index (χ0v) is 35.8. The van der Waals surface area contributed by atoms with E-state index in [1.54, 1.807) is 60.3 Å². The molecule has 0 spiro atoms. The van der Waals surface area contributed by atoms with Crippen LogP contribution >= 0.6 is 11.3 Å². The van der Waals surface area contributed by atoms with Gasteiger partial charge in [-0.1, -0.05) is 6.07 Å². The van der Waals surface area contributed by atoms with E-state index >= 15 is 22.0 Å². The number of piperazine rings is 1. The predicted molar refractivity (Wildman–Crippen MR) is 218 cm³/mol. The number of carbonyl (C=O) groups excluding carboxylic acids is 2. The number of nitriles is 1. The Labute approximate surface area is 352 Å². The molecule has 0 saturated carbocycles. The highest BCUT2D eigenvalue weighted by molar-refractivity contribution is 7.23. The molecule has 4 atom stereocenters. The number of amides is 2. The molecule has 19 heteroatoms. The maximum absolute atomic E-state index is 17.6. The van der Waals surface area contributed by atoms with E-state index in [0.29, 0.717) is 24.3 Å². The van der Waals surface area contributed by atoms with Crippen molar-refractivity contribution < 1.29 is 50.1 Å². The quantitative estimate of drug-likeness (QED) is 0.187. The highest BCUT2D eigenvalue weighted by Crippen LogP contribution is 2.49. The lowest BCUT2D eigenvalue weighted by atomic mass is 9.92. The molecule has 7 rings (SSSR count). The smallest absolute Gasteiger partial charge is 0.417 e. The highest BCUT2D eigenvalue weighted by Gasteiger charge is 2.50. The van der Waals surface area contributed by atoms with Crippen LogP contribution in [-0.2, 0) is 15.7 Å². The number of rotatable bonds is 6. The van der Waals surface area contributed by atoms with Gasteiger partial charge in [0, 0.05) is 54.5 Å². The lowest BCUT2D eigenvalue weighted by Crippen LogP contribution is -2.59. The van der Waals surface area contributed by atoms with Crippen LogP contribution in [0.1, 0.15) is 85.8 Å². The van der Waals surface area contributed by atoms with Crippen LogP contribution in [0.3, 0.4) is 0 Å². The van der Waals surface area contributed by atoms with E-state index in [4.69, 9.17) is 14.2 Å². The molecule has 2 aromatic carbocycles. The Morgan fingerprint density at radius 1 is 1.02 bits per heavy atom. The number of ether oxygens (including phenoxy) is 3. The van der Waals surface area contributed by atoms with Crippen molar-refractivity contribution in [1.82, 2.24) is 19.8 Å². The van der Waals surface area contributed by atoms with E-state index in [0.717, 1.165) is 24.6 Å². The number of nitrogens with zero attached hydrogens (tertiary/aromatic N) is 6. The van der Waals surface area contributed by atoms with Crippen LogP contribution < -0.4 is 15.0 Å². The molecule has 328 valence electrons. The Morgan fingerprint density at radius 3 is 2.38 bits per heavy atom. The normalized spacial score (nSPS) is 22.4. The number of fused-ring (bicyclic) bond motifs is 3. The van der Waals surface area contributed by atoms with Crippen LogP contribution in [0.4, 0.5) is 46.8 Å². The van der Waals surface area contributed by atoms with Crippen molar-refractivity contribution >= 4 is 55.3 Å². The Hall–Kier alpha value is -5.09. The maximum Gasteiger partial charge on any atom is 0.417 e. The minimum absolute atomic E-state index is 0.0460. The molecule has 12 nitrogen and oxygen atoms in total. The number of nitrogens with one attached hydrogen (secondary N) is 1. The summed E-state index contributed by atoms with van der Waals surface area (Å²) in [5.74, 6) is -2.48. The third kappa shape index (κ3) is 8.57. The van der Waals surface area contributed by atoms with Crippen molar-refractivity contribution in [1.29, 1.82) is 5.26 Å². The number of benzene rings is 2. The first-order chi connectivity index (χ1) is 28.4. The lowest BCUT2D eigenvalue weighted by molar-refractivity contribution is -0.137. The summed E-state index contributed by atoms with van der Waals surface area (Å²) in [6, 6.07) is 2.87. The van der Waals surface area contributed by atoms with Crippen molar-refractivity contribution in [2.24, 2.45) is 0 Å². The van der Waals surface area contributed by atoms with Gasteiger partial charge in [0.1, 0.15) is 52.2 Å². The summed E-state index contributed by atoms with van der Waals surface area (Å²) >= 11 is 0.583. The zero-order chi connectivity index (χ0) is 44.6.